The van der Waals surface area contributed by atoms with Crippen molar-refractivity contribution in [3.63, 3.8) is 0 Å². The molecule has 2 aromatic carbocycles. The van der Waals surface area contributed by atoms with Crippen molar-refractivity contribution in [3.05, 3.63) is 59.7 Å². The number of rotatable bonds is 3. The third-order valence-corrected chi connectivity index (χ3v) is 3.38. The molecule has 0 aromatic heterocycles. The quantitative estimate of drug-likeness (QED) is 0.925. The molecule has 0 saturated carbocycles. The number of carbonyl (C=O) groups is 1. The third kappa shape index (κ3) is 2.70. The molecule has 1 aliphatic heterocycles. The number of hydrogen-bond donors (Lipinski definition) is 1. The van der Waals surface area contributed by atoms with Crippen LogP contribution in [0.25, 0.3) is 0 Å². The maximum absolute atomic E-state index is 11.9. The highest BCUT2D eigenvalue weighted by Gasteiger charge is 2.28. The van der Waals surface area contributed by atoms with Crippen molar-refractivity contribution in [2.45, 2.75) is 19.4 Å². The van der Waals surface area contributed by atoms with Crippen molar-refractivity contribution in [3.8, 4) is 11.5 Å². The highest BCUT2D eigenvalue weighted by molar-refractivity contribution is 5.70. The number of carbonyl (C=O) groups excluding carboxylic acids is 1. The average Bonchev–Trinajstić information content (AvgIpc) is 2.52. The van der Waals surface area contributed by atoms with Crippen molar-refractivity contribution in [1.29, 1.82) is 0 Å². The van der Waals surface area contributed by atoms with Gasteiger partial charge in [0.15, 0.2) is 0 Å². The van der Waals surface area contributed by atoms with Crippen LogP contribution >= 0.6 is 0 Å². The molecule has 0 atom stereocenters. The average molecular weight is 283 g/mol. The number of alkyl carbamates (subject to hydrolysis) is 1. The maximum Gasteiger partial charge on any atom is 0.407 e. The van der Waals surface area contributed by atoms with Crippen LogP contribution in [-0.2, 0) is 4.74 Å². The lowest BCUT2D eigenvalue weighted by Gasteiger charge is -2.28. The van der Waals surface area contributed by atoms with Gasteiger partial charge in [-0.25, -0.2) is 4.79 Å². The van der Waals surface area contributed by atoms with E-state index in [2.05, 4.69) is 5.32 Å². The summed E-state index contributed by atoms with van der Waals surface area (Å²) >= 11 is 0. The van der Waals surface area contributed by atoms with Gasteiger partial charge in [0.25, 0.3) is 0 Å². The van der Waals surface area contributed by atoms with Crippen LogP contribution in [-0.4, -0.2) is 12.7 Å². The van der Waals surface area contributed by atoms with E-state index in [4.69, 9.17) is 9.47 Å². The van der Waals surface area contributed by atoms with E-state index in [-0.39, 0.29) is 6.04 Å². The number of amides is 1. The van der Waals surface area contributed by atoms with Crippen molar-refractivity contribution in [2.24, 2.45) is 0 Å². The van der Waals surface area contributed by atoms with Gasteiger partial charge >= 0.3 is 6.09 Å². The summed E-state index contributed by atoms with van der Waals surface area (Å²) in [6.45, 7) is 2.38. The molecule has 21 heavy (non-hydrogen) atoms. The highest BCUT2D eigenvalue weighted by atomic mass is 16.5. The van der Waals surface area contributed by atoms with E-state index in [1.165, 1.54) is 0 Å². The first-order chi connectivity index (χ1) is 10.3. The minimum Gasteiger partial charge on any atom is -0.457 e. The molecule has 4 nitrogen and oxygen atoms in total. The summed E-state index contributed by atoms with van der Waals surface area (Å²) in [4.78, 5) is 11.9. The molecule has 1 aliphatic rings. The van der Waals surface area contributed by atoms with Crippen LogP contribution in [0.3, 0.4) is 0 Å². The Morgan fingerprint density at radius 2 is 1.67 bits per heavy atom. The zero-order valence-corrected chi connectivity index (χ0v) is 11.8. The van der Waals surface area contributed by atoms with Crippen molar-refractivity contribution >= 4 is 6.09 Å². The predicted molar refractivity (Wildman–Crippen MR) is 79.6 cm³/mol. The molecule has 0 aliphatic carbocycles. The molecule has 0 bridgehead atoms. The Labute approximate surface area is 123 Å². The first-order valence-corrected chi connectivity index (χ1v) is 7.08. The van der Waals surface area contributed by atoms with Crippen molar-refractivity contribution in [1.82, 2.24) is 5.32 Å². The molecule has 0 fully saturated rings. The molecule has 4 heteroatoms. The van der Waals surface area contributed by atoms with Gasteiger partial charge in [-0.3, -0.25) is 0 Å². The normalized spacial score (nSPS) is 12.8. The predicted octanol–water partition coefficient (Wildman–Crippen LogP) is 4.02. The lowest BCUT2D eigenvalue weighted by Crippen LogP contribution is -2.31. The van der Waals surface area contributed by atoms with Crippen LogP contribution in [0.1, 0.15) is 30.5 Å². The fourth-order valence-electron chi connectivity index (χ4n) is 2.42. The topological polar surface area (TPSA) is 47.6 Å². The molecular weight excluding hydrogens is 266 g/mol. The number of benzene rings is 2. The second-order valence-electron chi connectivity index (χ2n) is 4.89. The minimum atomic E-state index is -0.409. The summed E-state index contributed by atoms with van der Waals surface area (Å²) in [5.41, 5.74) is 1.87. The fourth-order valence-corrected chi connectivity index (χ4v) is 2.42. The molecule has 108 valence electrons. The summed E-state index contributed by atoms with van der Waals surface area (Å²) in [6, 6.07) is 15.2. The Hall–Kier alpha value is -2.49. The number of ether oxygens (including phenoxy) is 2. The van der Waals surface area contributed by atoms with Crippen LogP contribution in [0.2, 0.25) is 0 Å². The zero-order valence-electron chi connectivity index (χ0n) is 11.8. The minimum absolute atomic E-state index is 0.254. The van der Waals surface area contributed by atoms with Crippen LogP contribution < -0.4 is 10.1 Å². The number of nitrogens with one attached hydrogen (secondary N) is 1. The third-order valence-electron chi connectivity index (χ3n) is 3.38. The molecular formula is C17H17NO3. The molecule has 0 saturated heterocycles. The van der Waals surface area contributed by atoms with Gasteiger partial charge < -0.3 is 14.8 Å². The second kappa shape index (κ2) is 5.87. The van der Waals surface area contributed by atoms with E-state index in [0.717, 1.165) is 29.0 Å². The first kappa shape index (κ1) is 13.5. The highest BCUT2D eigenvalue weighted by Crippen LogP contribution is 2.42. The van der Waals surface area contributed by atoms with Gasteiger partial charge in [-0.1, -0.05) is 43.3 Å². The lowest BCUT2D eigenvalue weighted by molar-refractivity contribution is 0.143. The standard InChI is InChI=1S/C17H17NO3/c1-2-11-20-17(19)18-16-12-7-3-5-9-14(12)21-15-10-6-4-8-13(15)16/h3-10,16H,2,11H2,1H3,(H,18,19). The Bertz CT molecular complexity index is 608. The number of fused-ring (bicyclic) bond motifs is 2. The van der Waals surface area contributed by atoms with Gasteiger partial charge in [0, 0.05) is 11.1 Å². The molecule has 2 aromatic rings. The SMILES string of the molecule is CCCOC(=O)NC1c2ccccc2Oc2ccccc21. The first-order valence-electron chi connectivity index (χ1n) is 7.08. The Morgan fingerprint density at radius 3 is 2.24 bits per heavy atom. The monoisotopic (exact) mass is 283 g/mol. The number of para-hydroxylation sites is 2. The van der Waals surface area contributed by atoms with Crippen LogP contribution in [0.15, 0.2) is 48.5 Å². The lowest BCUT2D eigenvalue weighted by atomic mass is 9.95. The summed E-state index contributed by atoms with van der Waals surface area (Å²) in [7, 11) is 0. The van der Waals surface area contributed by atoms with Gasteiger partial charge in [0.1, 0.15) is 11.5 Å². The summed E-state index contributed by atoms with van der Waals surface area (Å²) < 4.78 is 11.0. The zero-order chi connectivity index (χ0) is 14.7. The van der Waals surface area contributed by atoms with E-state index < -0.39 is 6.09 Å². The summed E-state index contributed by atoms with van der Waals surface area (Å²) in [6.07, 6.45) is 0.391. The molecule has 0 unspecified atom stereocenters. The number of hydrogen-bond acceptors (Lipinski definition) is 3. The Balaban J connectivity index is 1.93. The van der Waals surface area contributed by atoms with Gasteiger partial charge in [-0.2, -0.15) is 0 Å². The smallest absolute Gasteiger partial charge is 0.407 e. The van der Waals surface area contributed by atoms with Crippen molar-refractivity contribution < 1.29 is 14.3 Å². The molecule has 1 amide bonds. The fraction of sp³-hybridized carbons (Fsp3) is 0.235. The molecule has 1 heterocycles. The molecule has 0 radical (unpaired) electrons. The molecule has 3 rings (SSSR count). The van der Waals surface area contributed by atoms with Crippen LogP contribution in [0.4, 0.5) is 4.79 Å². The second-order valence-corrected chi connectivity index (χ2v) is 4.89. The Kier molecular flexibility index (Phi) is 3.77. The van der Waals surface area contributed by atoms with Crippen molar-refractivity contribution in [2.75, 3.05) is 6.61 Å². The van der Waals surface area contributed by atoms with E-state index in [1.54, 1.807) is 0 Å². The molecule has 1 N–H and O–H groups in total. The van der Waals surface area contributed by atoms with E-state index in [0.29, 0.717) is 6.61 Å². The summed E-state index contributed by atoms with van der Waals surface area (Å²) in [5, 5.41) is 2.92. The van der Waals surface area contributed by atoms with Gasteiger partial charge in [-0.05, 0) is 18.6 Å². The van der Waals surface area contributed by atoms with E-state index in [1.807, 2.05) is 55.5 Å². The molecule has 0 spiro atoms. The van der Waals surface area contributed by atoms with Gasteiger partial charge in [-0.15, -0.1) is 0 Å². The summed E-state index contributed by atoms with van der Waals surface area (Å²) in [5.74, 6) is 1.52. The van der Waals surface area contributed by atoms with Gasteiger partial charge in [0.2, 0.25) is 0 Å². The Morgan fingerprint density at radius 1 is 1.10 bits per heavy atom. The maximum atomic E-state index is 11.9. The van der Waals surface area contributed by atoms with Crippen LogP contribution in [0, 0.1) is 0 Å². The van der Waals surface area contributed by atoms with Crippen LogP contribution in [0.5, 0.6) is 11.5 Å². The van der Waals surface area contributed by atoms with E-state index in [9.17, 15) is 4.79 Å². The largest absolute Gasteiger partial charge is 0.457 e. The van der Waals surface area contributed by atoms with E-state index >= 15 is 0 Å². The van der Waals surface area contributed by atoms with Gasteiger partial charge in [0.05, 0.1) is 12.6 Å².